The highest BCUT2D eigenvalue weighted by Gasteiger charge is 2.38. The van der Waals surface area contributed by atoms with Gasteiger partial charge in [-0.05, 0) is 43.2 Å². The smallest absolute Gasteiger partial charge is 0.129 e. The summed E-state index contributed by atoms with van der Waals surface area (Å²) in [7, 11) is 0. The average molecular weight is 244 g/mol. The molecule has 0 heterocycles. The SMILES string of the molecule is N#Cc1ccc(CNC2CC3CCC2C3)c(F)c1. The highest BCUT2D eigenvalue weighted by Crippen LogP contribution is 2.44. The van der Waals surface area contributed by atoms with Crippen LogP contribution in [0.25, 0.3) is 0 Å². The van der Waals surface area contributed by atoms with E-state index in [1.807, 2.05) is 6.07 Å². The third-order valence-electron chi connectivity index (χ3n) is 4.47. The molecule has 2 nitrogen and oxygen atoms in total. The Hall–Kier alpha value is -1.40. The second-order valence-corrected chi connectivity index (χ2v) is 5.58. The zero-order valence-corrected chi connectivity index (χ0v) is 10.3. The largest absolute Gasteiger partial charge is 0.310 e. The van der Waals surface area contributed by atoms with Gasteiger partial charge in [-0.1, -0.05) is 12.5 Å². The summed E-state index contributed by atoms with van der Waals surface area (Å²) < 4.78 is 13.7. The molecule has 1 N–H and O–H groups in total. The average Bonchev–Trinajstić information content (AvgIpc) is 2.99. The van der Waals surface area contributed by atoms with Gasteiger partial charge in [-0.15, -0.1) is 0 Å². The van der Waals surface area contributed by atoms with Crippen molar-refractivity contribution in [2.24, 2.45) is 11.8 Å². The minimum Gasteiger partial charge on any atom is -0.310 e. The minimum absolute atomic E-state index is 0.273. The van der Waals surface area contributed by atoms with Gasteiger partial charge < -0.3 is 5.32 Å². The van der Waals surface area contributed by atoms with Crippen molar-refractivity contribution < 1.29 is 4.39 Å². The van der Waals surface area contributed by atoms with Gasteiger partial charge in [0.1, 0.15) is 5.82 Å². The van der Waals surface area contributed by atoms with E-state index in [1.54, 1.807) is 12.1 Å². The fourth-order valence-electron chi connectivity index (χ4n) is 3.50. The van der Waals surface area contributed by atoms with Gasteiger partial charge in [0.2, 0.25) is 0 Å². The van der Waals surface area contributed by atoms with E-state index in [1.165, 1.54) is 31.7 Å². The van der Waals surface area contributed by atoms with E-state index in [4.69, 9.17) is 5.26 Å². The number of rotatable bonds is 3. The van der Waals surface area contributed by atoms with Gasteiger partial charge in [0.15, 0.2) is 0 Å². The first-order valence-corrected chi connectivity index (χ1v) is 6.68. The van der Waals surface area contributed by atoms with E-state index >= 15 is 0 Å². The van der Waals surface area contributed by atoms with Crippen LogP contribution in [0.15, 0.2) is 18.2 Å². The fraction of sp³-hybridized carbons (Fsp3) is 0.533. The molecular formula is C15H17FN2. The van der Waals surface area contributed by atoms with Crippen LogP contribution in [0.4, 0.5) is 4.39 Å². The highest BCUT2D eigenvalue weighted by molar-refractivity contribution is 5.32. The number of hydrogen-bond acceptors (Lipinski definition) is 2. The normalized spacial score (nSPS) is 29.4. The summed E-state index contributed by atoms with van der Waals surface area (Å²) in [6.45, 7) is 0.575. The molecule has 3 atom stereocenters. The molecule has 1 aromatic rings. The molecule has 94 valence electrons. The summed E-state index contributed by atoms with van der Waals surface area (Å²) in [5, 5.41) is 12.2. The van der Waals surface area contributed by atoms with Crippen molar-refractivity contribution >= 4 is 0 Å². The number of halogens is 1. The van der Waals surface area contributed by atoms with Gasteiger partial charge >= 0.3 is 0 Å². The molecule has 0 aliphatic heterocycles. The quantitative estimate of drug-likeness (QED) is 0.887. The first-order valence-electron chi connectivity index (χ1n) is 6.68. The monoisotopic (exact) mass is 244 g/mol. The highest BCUT2D eigenvalue weighted by atomic mass is 19.1. The predicted octanol–water partition coefficient (Wildman–Crippen LogP) is 2.98. The van der Waals surface area contributed by atoms with Crippen LogP contribution in [0, 0.1) is 29.0 Å². The van der Waals surface area contributed by atoms with Crippen LogP contribution in [0.2, 0.25) is 0 Å². The van der Waals surface area contributed by atoms with Gasteiger partial charge in [-0.25, -0.2) is 4.39 Å². The molecule has 0 radical (unpaired) electrons. The zero-order valence-electron chi connectivity index (χ0n) is 10.3. The Labute approximate surface area is 107 Å². The Morgan fingerprint density at radius 3 is 2.83 bits per heavy atom. The molecule has 2 saturated carbocycles. The molecule has 2 aliphatic rings. The van der Waals surface area contributed by atoms with Crippen molar-refractivity contribution in [2.45, 2.75) is 38.3 Å². The van der Waals surface area contributed by atoms with Crippen molar-refractivity contribution in [3.8, 4) is 6.07 Å². The third kappa shape index (κ3) is 2.13. The summed E-state index contributed by atoms with van der Waals surface area (Å²) in [5.74, 6) is 1.43. The molecular weight excluding hydrogens is 227 g/mol. The zero-order chi connectivity index (χ0) is 12.5. The third-order valence-corrected chi connectivity index (χ3v) is 4.47. The summed E-state index contributed by atoms with van der Waals surface area (Å²) in [6.07, 6.45) is 5.32. The van der Waals surface area contributed by atoms with Crippen LogP contribution >= 0.6 is 0 Å². The molecule has 2 bridgehead atoms. The maximum Gasteiger partial charge on any atom is 0.129 e. The molecule has 3 rings (SSSR count). The van der Waals surface area contributed by atoms with E-state index in [0.717, 1.165) is 11.8 Å². The van der Waals surface area contributed by atoms with E-state index in [9.17, 15) is 4.39 Å². The summed E-state index contributed by atoms with van der Waals surface area (Å²) in [6, 6.07) is 7.24. The Balaban J connectivity index is 1.62. The lowest BCUT2D eigenvalue weighted by Crippen LogP contribution is -2.33. The van der Waals surface area contributed by atoms with E-state index in [0.29, 0.717) is 23.7 Å². The second-order valence-electron chi connectivity index (χ2n) is 5.58. The van der Waals surface area contributed by atoms with E-state index in [-0.39, 0.29) is 5.82 Å². The predicted molar refractivity (Wildman–Crippen MR) is 67.2 cm³/mol. The lowest BCUT2D eigenvalue weighted by atomic mass is 9.95. The van der Waals surface area contributed by atoms with Crippen molar-refractivity contribution in [3.63, 3.8) is 0 Å². The molecule has 0 aromatic heterocycles. The van der Waals surface area contributed by atoms with Crippen LogP contribution in [0.3, 0.4) is 0 Å². The van der Waals surface area contributed by atoms with Crippen LogP contribution in [0.5, 0.6) is 0 Å². The molecule has 2 fully saturated rings. The molecule has 0 spiro atoms. The number of hydrogen-bond donors (Lipinski definition) is 1. The van der Waals surface area contributed by atoms with Gasteiger partial charge in [0.25, 0.3) is 0 Å². The molecule has 2 aliphatic carbocycles. The number of benzene rings is 1. The fourth-order valence-corrected chi connectivity index (χ4v) is 3.50. The lowest BCUT2D eigenvalue weighted by molar-refractivity contribution is 0.349. The molecule has 0 saturated heterocycles. The Morgan fingerprint density at radius 2 is 2.22 bits per heavy atom. The van der Waals surface area contributed by atoms with Gasteiger partial charge in [0.05, 0.1) is 11.6 Å². The summed E-state index contributed by atoms with van der Waals surface area (Å²) >= 11 is 0. The van der Waals surface area contributed by atoms with E-state index < -0.39 is 0 Å². The number of nitrogens with one attached hydrogen (secondary N) is 1. The minimum atomic E-state index is -0.273. The molecule has 3 unspecified atom stereocenters. The number of fused-ring (bicyclic) bond motifs is 2. The Kier molecular flexibility index (Phi) is 3.05. The topological polar surface area (TPSA) is 35.8 Å². The maximum absolute atomic E-state index is 13.7. The van der Waals surface area contributed by atoms with Crippen LogP contribution in [-0.2, 0) is 6.54 Å². The molecule has 1 aromatic carbocycles. The van der Waals surface area contributed by atoms with Crippen molar-refractivity contribution in [1.29, 1.82) is 5.26 Å². The summed E-state index contributed by atoms with van der Waals surface area (Å²) in [5.41, 5.74) is 1.05. The van der Waals surface area contributed by atoms with Gasteiger partial charge in [-0.2, -0.15) is 5.26 Å². The van der Waals surface area contributed by atoms with Crippen LogP contribution in [0.1, 0.15) is 36.8 Å². The number of nitrogens with zero attached hydrogens (tertiary/aromatic N) is 1. The van der Waals surface area contributed by atoms with Gasteiger partial charge in [-0.3, -0.25) is 0 Å². The second kappa shape index (κ2) is 4.70. The first kappa shape index (κ1) is 11.7. The van der Waals surface area contributed by atoms with E-state index in [2.05, 4.69) is 5.32 Å². The maximum atomic E-state index is 13.7. The molecule has 0 amide bonds. The molecule has 18 heavy (non-hydrogen) atoms. The standard InChI is InChI=1S/C15H17FN2/c16-14-6-11(8-17)2-4-13(14)9-18-15-7-10-1-3-12(15)5-10/h2,4,6,10,12,15,18H,1,3,5,7,9H2. The number of nitriles is 1. The lowest BCUT2D eigenvalue weighted by Gasteiger charge is -2.23. The Morgan fingerprint density at radius 1 is 1.33 bits per heavy atom. The van der Waals surface area contributed by atoms with Crippen LogP contribution < -0.4 is 5.32 Å². The first-order chi connectivity index (χ1) is 8.76. The summed E-state index contributed by atoms with van der Waals surface area (Å²) in [4.78, 5) is 0. The van der Waals surface area contributed by atoms with Gasteiger partial charge in [0, 0.05) is 18.2 Å². The van der Waals surface area contributed by atoms with Crippen molar-refractivity contribution in [1.82, 2.24) is 5.32 Å². The van der Waals surface area contributed by atoms with Crippen molar-refractivity contribution in [3.05, 3.63) is 35.1 Å². The molecule has 3 heteroatoms. The van der Waals surface area contributed by atoms with Crippen molar-refractivity contribution in [2.75, 3.05) is 0 Å². The Bertz CT molecular complexity index is 492. The van der Waals surface area contributed by atoms with Crippen LogP contribution in [-0.4, -0.2) is 6.04 Å².